The van der Waals surface area contributed by atoms with Crippen molar-refractivity contribution in [2.75, 3.05) is 44.2 Å². The van der Waals surface area contributed by atoms with Crippen LogP contribution in [0.25, 0.3) is 0 Å². The van der Waals surface area contributed by atoms with E-state index in [9.17, 15) is 4.79 Å². The number of pyridine rings is 1. The van der Waals surface area contributed by atoms with E-state index < -0.39 is 0 Å². The molecule has 1 N–H and O–H groups in total. The standard InChI is InChI=1S/C16H24N4O2/c1-12(2)16(21)20-8-6-19(7-9-20)14-4-3-13-11-17-5-10-22-15(13)18-14/h3-4,12,17H,5-11H2,1-2H3. The Morgan fingerprint density at radius 2 is 2.05 bits per heavy atom. The lowest BCUT2D eigenvalue weighted by molar-refractivity contribution is -0.134. The molecule has 2 aliphatic heterocycles. The van der Waals surface area contributed by atoms with Crippen molar-refractivity contribution in [3.63, 3.8) is 0 Å². The van der Waals surface area contributed by atoms with E-state index in [1.54, 1.807) is 0 Å². The number of rotatable bonds is 2. The lowest BCUT2D eigenvalue weighted by Gasteiger charge is -2.36. The van der Waals surface area contributed by atoms with Crippen molar-refractivity contribution in [3.05, 3.63) is 17.7 Å². The molecule has 22 heavy (non-hydrogen) atoms. The summed E-state index contributed by atoms with van der Waals surface area (Å²) < 4.78 is 5.71. The number of fused-ring (bicyclic) bond motifs is 1. The van der Waals surface area contributed by atoms with Crippen LogP contribution in [0.5, 0.6) is 5.88 Å². The van der Waals surface area contributed by atoms with Crippen LogP contribution >= 0.6 is 0 Å². The van der Waals surface area contributed by atoms with Crippen LogP contribution in [0.2, 0.25) is 0 Å². The zero-order valence-corrected chi connectivity index (χ0v) is 13.3. The number of carbonyl (C=O) groups is 1. The molecule has 0 aliphatic carbocycles. The van der Waals surface area contributed by atoms with E-state index in [2.05, 4.69) is 27.3 Å². The number of aromatic nitrogens is 1. The second-order valence-electron chi connectivity index (χ2n) is 6.13. The fourth-order valence-electron chi connectivity index (χ4n) is 2.86. The monoisotopic (exact) mass is 304 g/mol. The number of nitrogens with zero attached hydrogens (tertiary/aromatic N) is 3. The van der Waals surface area contributed by atoms with Gasteiger partial charge in [-0.05, 0) is 12.1 Å². The maximum atomic E-state index is 12.0. The number of anilines is 1. The van der Waals surface area contributed by atoms with Crippen LogP contribution in [0.4, 0.5) is 5.82 Å². The second kappa shape index (κ2) is 6.52. The lowest BCUT2D eigenvalue weighted by Crippen LogP contribution is -2.50. The topological polar surface area (TPSA) is 57.7 Å². The predicted molar refractivity (Wildman–Crippen MR) is 85.1 cm³/mol. The Morgan fingerprint density at radius 3 is 2.77 bits per heavy atom. The second-order valence-corrected chi connectivity index (χ2v) is 6.13. The van der Waals surface area contributed by atoms with Crippen LogP contribution in [0.15, 0.2) is 12.1 Å². The van der Waals surface area contributed by atoms with Gasteiger partial charge in [0.15, 0.2) is 0 Å². The molecule has 0 saturated carbocycles. The minimum absolute atomic E-state index is 0.0677. The van der Waals surface area contributed by atoms with Gasteiger partial charge in [0.05, 0.1) is 0 Å². The van der Waals surface area contributed by atoms with Gasteiger partial charge in [0.2, 0.25) is 11.8 Å². The van der Waals surface area contributed by atoms with Crippen molar-refractivity contribution in [3.8, 4) is 5.88 Å². The fraction of sp³-hybridized carbons (Fsp3) is 0.625. The van der Waals surface area contributed by atoms with Gasteiger partial charge in [-0.1, -0.05) is 13.8 Å². The molecule has 1 amide bonds. The molecule has 1 aromatic heterocycles. The number of hydrogen-bond acceptors (Lipinski definition) is 5. The minimum atomic E-state index is 0.0677. The Bertz CT molecular complexity index is 539. The van der Waals surface area contributed by atoms with Gasteiger partial charge < -0.3 is 19.9 Å². The molecule has 0 radical (unpaired) electrons. The van der Waals surface area contributed by atoms with E-state index in [0.717, 1.165) is 56.5 Å². The Hall–Kier alpha value is -1.82. The molecule has 1 fully saturated rings. The van der Waals surface area contributed by atoms with Crippen LogP contribution in [0.1, 0.15) is 19.4 Å². The molecule has 0 unspecified atom stereocenters. The van der Waals surface area contributed by atoms with Crippen molar-refractivity contribution in [1.82, 2.24) is 15.2 Å². The first-order valence-electron chi connectivity index (χ1n) is 8.02. The van der Waals surface area contributed by atoms with Crippen LogP contribution in [-0.2, 0) is 11.3 Å². The summed E-state index contributed by atoms with van der Waals surface area (Å²) in [5.41, 5.74) is 1.11. The highest BCUT2D eigenvalue weighted by Crippen LogP contribution is 2.23. The number of nitrogens with one attached hydrogen (secondary N) is 1. The Morgan fingerprint density at radius 1 is 1.27 bits per heavy atom. The molecule has 1 saturated heterocycles. The molecule has 120 valence electrons. The summed E-state index contributed by atoms with van der Waals surface area (Å²) in [6.07, 6.45) is 0. The van der Waals surface area contributed by atoms with Crippen molar-refractivity contribution < 1.29 is 9.53 Å². The first kappa shape index (κ1) is 15.1. The van der Waals surface area contributed by atoms with Gasteiger partial charge in [0.25, 0.3) is 0 Å². The van der Waals surface area contributed by atoms with Crippen molar-refractivity contribution in [2.45, 2.75) is 20.4 Å². The number of hydrogen-bond donors (Lipinski definition) is 1. The highest BCUT2D eigenvalue weighted by atomic mass is 16.5. The van der Waals surface area contributed by atoms with Crippen LogP contribution in [0, 0.1) is 5.92 Å². The summed E-state index contributed by atoms with van der Waals surface area (Å²) in [6, 6.07) is 4.14. The number of carbonyl (C=O) groups excluding carboxylic acids is 1. The maximum absolute atomic E-state index is 12.0. The number of ether oxygens (including phenoxy) is 1. The zero-order chi connectivity index (χ0) is 15.5. The lowest BCUT2D eigenvalue weighted by atomic mass is 10.1. The quantitative estimate of drug-likeness (QED) is 0.878. The molecule has 0 bridgehead atoms. The van der Waals surface area contributed by atoms with Crippen LogP contribution < -0.4 is 15.0 Å². The third-order valence-electron chi connectivity index (χ3n) is 4.17. The summed E-state index contributed by atoms with van der Waals surface area (Å²) in [7, 11) is 0. The van der Waals surface area contributed by atoms with E-state index in [1.807, 2.05) is 18.7 Å². The molecule has 2 aliphatic rings. The normalized spacial score (nSPS) is 18.7. The summed E-state index contributed by atoms with van der Waals surface area (Å²) >= 11 is 0. The number of piperazine rings is 1. The van der Waals surface area contributed by atoms with E-state index >= 15 is 0 Å². The summed E-state index contributed by atoms with van der Waals surface area (Å²) in [4.78, 5) is 20.9. The molecular formula is C16H24N4O2. The molecule has 3 heterocycles. The number of amides is 1. The third-order valence-corrected chi connectivity index (χ3v) is 4.17. The molecule has 1 aromatic rings. The zero-order valence-electron chi connectivity index (χ0n) is 13.3. The van der Waals surface area contributed by atoms with Gasteiger partial charge >= 0.3 is 0 Å². The first-order chi connectivity index (χ1) is 10.6. The highest BCUT2D eigenvalue weighted by molar-refractivity contribution is 5.78. The Kier molecular flexibility index (Phi) is 4.47. The van der Waals surface area contributed by atoms with Gasteiger partial charge in [0, 0.05) is 50.7 Å². The Balaban J connectivity index is 1.66. The minimum Gasteiger partial charge on any atom is -0.476 e. The van der Waals surface area contributed by atoms with Crippen molar-refractivity contribution >= 4 is 11.7 Å². The van der Waals surface area contributed by atoms with Gasteiger partial charge in [-0.3, -0.25) is 4.79 Å². The van der Waals surface area contributed by atoms with Gasteiger partial charge in [-0.15, -0.1) is 0 Å². The molecule has 6 heteroatoms. The maximum Gasteiger partial charge on any atom is 0.225 e. The van der Waals surface area contributed by atoms with Crippen LogP contribution in [0.3, 0.4) is 0 Å². The van der Waals surface area contributed by atoms with Gasteiger partial charge in [-0.25, -0.2) is 0 Å². The summed E-state index contributed by atoms with van der Waals surface area (Å²) in [5.74, 6) is 1.99. The van der Waals surface area contributed by atoms with E-state index in [1.165, 1.54) is 0 Å². The largest absolute Gasteiger partial charge is 0.476 e. The third kappa shape index (κ3) is 3.16. The first-order valence-corrected chi connectivity index (χ1v) is 8.02. The summed E-state index contributed by atoms with van der Waals surface area (Å²) in [5, 5.41) is 3.31. The molecular weight excluding hydrogens is 280 g/mol. The SMILES string of the molecule is CC(C)C(=O)N1CCN(c2ccc3c(n2)OCCNC3)CC1. The Labute approximate surface area is 131 Å². The molecule has 6 nitrogen and oxygen atoms in total. The average molecular weight is 304 g/mol. The van der Waals surface area contributed by atoms with Gasteiger partial charge in [-0.2, -0.15) is 4.98 Å². The smallest absolute Gasteiger partial charge is 0.225 e. The van der Waals surface area contributed by atoms with Crippen molar-refractivity contribution in [2.24, 2.45) is 5.92 Å². The van der Waals surface area contributed by atoms with Crippen LogP contribution in [-0.4, -0.2) is 55.1 Å². The van der Waals surface area contributed by atoms with E-state index in [0.29, 0.717) is 6.61 Å². The summed E-state index contributed by atoms with van der Waals surface area (Å²) in [6.45, 7) is 9.38. The van der Waals surface area contributed by atoms with E-state index in [-0.39, 0.29) is 11.8 Å². The molecule has 3 rings (SSSR count). The molecule has 0 spiro atoms. The van der Waals surface area contributed by atoms with Crippen molar-refractivity contribution in [1.29, 1.82) is 0 Å². The average Bonchev–Trinajstić information content (AvgIpc) is 2.78. The predicted octanol–water partition coefficient (Wildman–Crippen LogP) is 0.868. The molecule has 0 aromatic carbocycles. The van der Waals surface area contributed by atoms with Gasteiger partial charge in [0.1, 0.15) is 12.4 Å². The fourth-order valence-corrected chi connectivity index (χ4v) is 2.86. The molecule has 0 atom stereocenters. The highest BCUT2D eigenvalue weighted by Gasteiger charge is 2.24. The van der Waals surface area contributed by atoms with E-state index in [4.69, 9.17) is 4.74 Å².